The summed E-state index contributed by atoms with van der Waals surface area (Å²) in [4.78, 5) is 16.6. The minimum Gasteiger partial charge on any atom is -0.364 e. The first kappa shape index (κ1) is 15.2. The second-order valence-corrected chi connectivity index (χ2v) is 6.12. The summed E-state index contributed by atoms with van der Waals surface area (Å²) in [5.74, 6) is 0.101. The van der Waals surface area contributed by atoms with Crippen LogP contribution in [0, 0.1) is 5.92 Å². The molecule has 7 heteroatoms. The average Bonchev–Trinajstić information content (AvgIpc) is 2.39. The largest absolute Gasteiger partial charge is 0.364 e. The molecule has 0 aromatic carbocycles. The Hall–Kier alpha value is -1.21. The van der Waals surface area contributed by atoms with Gasteiger partial charge in [0.05, 0.1) is 5.92 Å². The zero-order chi connectivity index (χ0) is 14.5. The van der Waals surface area contributed by atoms with E-state index >= 15 is 0 Å². The molecule has 1 aliphatic rings. The number of amides is 1. The molecule has 1 amide bonds. The van der Waals surface area contributed by atoms with Gasteiger partial charge in [-0.3, -0.25) is 20.6 Å². The number of carbonyl (C=O) groups excluding carboxylic acids is 1. The number of thiocarbonyl (C=S) groups is 1. The van der Waals surface area contributed by atoms with E-state index in [2.05, 4.69) is 37.1 Å². The first-order valence-electron chi connectivity index (χ1n) is 6.50. The van der Waals surface area contributed by atoms with Gasteiger partial charge in [0.1, 0.15) is 0 Å². The molecule has 1 unspecified atom stereocenters. The summed E-state index contributed by atoms with van der Waals surface area (Å²) in [6.45, 7) is 0. The molecular formula is C13H17BrN4OS. The maximum Gasteiger partial charge on any atom is 0.246 e. The number of nitrogens with zero attached hydrogens (tertiary/aromatic N) is 1. The maximum atomic E-state index is 12.4. The van der Waals surface area contributed by atoms with E-state index in [-0.39, 0.29) is 11.8 Å². The molecule has 108 valence electrons. The van der Waals surface area contributed by atoms with Gasteiger partial charge < -0.3 is 5.32 Å². The smallest absolute Gasteiger partial charge is 0.246 e. The van der Waals surface area contributed by atoms with Crippen LogP contribution in [0.25, 0.3) is 0 Å². The van der Waals surface area contributed by atoms with Gasteiger partial charge in [0.2, 0.25) is 5.91 Å². The lowest BCUT2D eigenvalue weighted by molar-refractivity contribution is -0.125. The lowest BCUT2D eigenvalue weighted by Gasteiger charge is -2.33. The van der Waals surface area contributed by atoms with Gasteiger partial charge in [-0.2, -0.15) is 0 Å². The van der Waals surface area contributed by atoms with Crippen LogP contribution in [0.4, 0.5) is 0 Å². The van der Waals surface area contributed by atoms with Crippen molar-refractivity contribution < 1.29 is 4.79 Å². The van der Waals surface area contributed by atoms with Crippen molar-refractivity contribution in [2.75, 3.05) is 7.05 Å². The van der Waals surface area contributed by atoms with Crippen LogP contribution >= 0.6 is 28.1 Å². The third kappa shape index (κ3) is 3.67. The van der Waals surface area contributed by atoms with E-state index < -0.39 is 0 Å². The lowest BCUT2D eigenvalue weighted by Crippen LogP contribution is -2.48. The summed E-state index contributed by atoms with van der Waals surface area (Å²) in [6, 6.07) is 1.95. The molecule has 0 aliphatic heterocycles. The van der Waals surface area contributed by atoms with Gasteiger partial charge in [0.15, 0.2) is 5.11 Å². The Kier molecular flexibility index (Phi) is 5.31. The van der Waals surface area contributed by atoms with Crippen molar-refractivity contribution in [2.45, 2.75) is 25.2 Å². The third-order valence-corrected chi connectivity index (χ3v) is 4.25. The van der Waals surface area contributed by atoms with Gasteiger partial charge in [-0.1, -0.05) is 6.42 Å². The molecule has 1 heterocycles. The molecule has 0 spiro atoms. The van der Waals surface area contributed by atoms with E-state index in [1.165, 1.54) is 6.42 Å². The normalized spacial score (nSPS) is 15.9. The standard InChI is InChI=1S/C13H17BrN4OS/c1-15-13(20)18-17-12(19)11(8-3-2-4-8)9-5-10(14)7-16-6-9/h5-8,11H,2-4H2,1H3,(H,17,19)(H2,15,18,20). The maximum absolute atomic E-state index is 12.4. The third-order valence-electron chi connectivity index (χ3n) is 3.52. The molecule has 1 atom stereocenters. The highest BCUT2D eigenvalue weighted by molar-refractivity contribution is 9.10. The van der Waals surface area contributed by atoms with E-state index in [0.717, 1.165) is 22.9 Å². The van der Waals surface area contributed by atoms with Gasteiger partial charge >= 0.3 is 0 Å². The Morgan fingerprint density at radius 3 is 2.75 bits per heavy atom. The minimum absolute atomic E-state index is 0.0767. The van der Waals surface area contributed by atoms with Crippen molar-refractivity contribution in [3.8, 4) is 0 Å². The summed E-state index contributed by atoms with van der Waals surface area (Å²) in [6.07, 6.45) is 6.79. The number of hydrazine groups is 1. The SMILES string of the molecule is CNC(=S)NNC(=O)C(c1cncc(Br)c1)C1CCC1. The van der Waals surface area contributed by atoms with Gasteiger partial charge in [-0.05, 0) is 58.5 Å². The fraction of sp³-hybridized carbons (Fsp3) is 0.462. The number of hydrogen-bond donors (Lipinski definition) is 3. The quantitative estimate of drug-likeness (QED) is 0.569. The van der Waals surface area contributed by atoms with Gasteiger partial charge in [0.25, 0.3) is 0 Å². The number of rotatable bonds is 3. The minimum atomic E-state index is -0.194. The summed E-state index contributed by atoms with van der Waals surface area (Å²) < 4.78 is 0.880. The van der Waals surface area contributed by atoms with Crippen molar-refractivity contribution in [3.63, 3.8) is 0 Å². The van der Waals surface area contributed by atoms with Crippen molar-refractivity contribution in [1.29, 1.82) is 0 Å². The van der Waals surface area contributed by atoms with Crippen LogP contribution in [0.1, 0.15) is 30.7 Å². The molecule has 1 aromatic heterocycles. The van der Waals surface area contributed by atoms with Crippen molar-refractivity contribution in [1.82, 2.24) is 21.2 Å². The summed E-state index contributed by atoms with van der Waals surface area (Å²) in [5.41, 5.74) is 6.28. The highest BCUT2D eigenvalue weighted by Gasteiger charge is 2.34. The molecule has 1 saturated carbocycles. The number of carbonyl (C=O) groups is 1. The van der Waals surface area contributed by atoms with Crippen LogP contribution in [0.3, 0.4) is 0 Å². The van der Waals surface area contributed by atoms with Crippen LogP contribution < -0.4 is 16.2 Å². The lowest BCUT2D eigenvalue weighted by atomic mass is 9.73. The van der Waals surface area contributed by atoms with E-state index in [4.69, 9.17) is 12.2 Å². The molecule has 1 aromatic rings. The van der Waals surface area contributed by atoms with Crippen molar-refractivity contribution in [3.05, 3.63) is 28.5 Å². The fourth-order valence-corrected chi connectivity index (χ4v) is 2.70. The van der Waals surface area contributed by atoms with Crippen LogP contribution in [0.2, 0.25) is 0 Å². The summed E-state index contributed by atoms with van der Waals surface area (Å²) >= 11 is 8.35. The Balaban J connectivity index is 2.11. The topological polar surface area (TPSA) is 66.0 Å². The first-order valence-corrected chi connectivity index (χ1v) is 7.70. The molecule has 0 bridgehead atoms. The molecule has 0 radical (unpaired) electrons. The molecule has 5 nitrogen and oxygen atoms in total. The number of pyridine rings is 1. The highest BCUT2D eigenvalue weighted by Crippen LogP contribution is 2.39. The molecular weight excluding hydrogens is 340 g/mol. The second-order valence-electron chi connectivity index (χ2n) is 4.80. The second kappa shape index (κ2) is 6.99. The Labute approximate surface area is 132 Å². The average molecular weight is 357 g/mol. The molecule has 3 N–H and O–H groups in total. The molecule has 0 saturated heterocycles. The fourth-order valence-electron chi connectivity index (χ4n) is 2.27. The van der Waals surface area contributed by atoms with Crippen LogP contribution in [0.5, 0.6) is 0 Å². The monoisotopic (exact) mass is 356 g/mol. The van der Waals surface area contributed by atoms with E-state index in [9.17, 15) is 4.79 Å². The van der Waals surface area contributed by atoms with Crippen molar-refractivity contribution in [2.24, 2.45) is 5.92 Å². The zero-order valence-corrected chi connectivity index (χ0v) is 13.6. The number of hydrogen-bond acceptors (Lipinski definition) is 3. The number of aromatic nitrogens is 1. The van der Waals surface area contributed by atoms with Crippen LogP contribution in [0.15, 0.2) is 22.9 Å². The number of nitrogens with one attached hydrogen (secondary N) is 3. The van der Waals surface area contributed by atoms with Gasteiger partial charge in [-0.15, -0.1) is 0 Å². The summed E-state index contributed by atoms with van der Waals surface area (Å²) in [7, 11) is 1.70. The predicted octanol–water partition coefficient (Wildman–Crippen LogP) is 1.85. The van der Waals surface area contributed by atoms with Crippen LogP contribution in [-0.2, 0) is 4.79 Å². The highest BCUT2D eigenvalue weighted by atomic mass is 79.9. The Bertz CT molecular complexity index is 507. The van der Waals surface area contributed by atoms with Crippen LogP contribution in [-0.4, -0.2) is 23.1 Å². The number of halogens is 1. The Morgan fingerprint density at radius 1 is 1.45 bits per heavy atom. The molecule has 20 heavy (non-hydrogen) atoms. The van der Waals surface area contributed by atoms with E-state index in [0.29, 0.717) is 11.0 Å². The summed E-state index contributed by atoms with van der Waals surface area (Å²) in [5, 5.41) is 3.14. The van der Waals surface area contributed by atoms with Gasteiger partial charge in [0, 0.05) is 23.9 Å². The molecule has 1 aliphatic carbocycles. The zero-order valence-electron chi connectivity index (χ0n) is 11.1. The van der Waals surface area contributed by atoms with E-state index in [1.54, 1.807) is 19.4 Å². The van der Waals surface area contributed by atoms with Gasteiger partial charge in [-0.25, -0.2) is 0 Å². The predicted molar refractivity (Wildman–Crippen MR) is 85.0 cm³/mol. The molecule has 1 fully saturated rings. The molecule has 2 rings (SSSR count). The first-order chi connectivity index (χ1) is 9.61. The van der Waals surface area contributed by atoms with Crippen molar-refractivity contribution >= 4 is 39.2 Å². The van der Waals surface area contributed by atoms with E-state index in [1.807, 2.05) is 6.07 Å². The Morgan fingerprint density at radius 2 is 2.20 bits per heavy atom.